The molecule has 0 aliphatic heterocycles. The van der Waals surface area contributed by atoms with E-state index in [1.54, 1.807) is 32.6 Å². The topological polar surface area (TPSA) is 85.7 Å². The number of carbonyl (C=O) groups is 1. The predicted octanol–water partition coefficient (Wildman–Crippen LogP) is 2.62. The van der Waals surface area contributed by atoms with Gasteiger partial charge in [0.15, 0.2) is 5.65 Å². The summed E-state index contributed by atoms with van der Waals surface area (Å²) in [5, 5.41) is 9.13. The molecular formula is C18H15N5O. The highest BCUT2D eigenvalue weighted by Crippen LogP contribution is 2.20. The molecule has 0 atom stereocenters. The summed E-state index contributed by atoms with van der Waals surface area (Å²) in [5.41, 5.74) is 4.11. The first-order valence-electron chi connectivity index (χ1n) is 7.32. The average molecular weight is 317 g/mol. The summed E-state index contributed by atoms with van der Waals surface area (Å²) >= 11 is 0. The van der Waals surface area contributed by atoms with Crippen LogP contribution in [0.4, 0.5) is 0 Å². The Kier molecular flexibility index (Phi) is 4.08. The van der Waals surface area contributed by atoms with Crippen LogP contribution < -0.4 is 0 Å². The molecule has 3 rings (SSSR count). The lowest BCUT2D eigenvalue weighted by atomic mass is 10.1. The van der Waals surface area contributed by atoms with Gasteiger partial charge in [-0.05, 0) is 17.7 Å². The van der Waals surface area contributed by atoms with Crippen LogP contribution in [-0.4, -0.2) is 39.9 Å². The maximum absolute atomic E-state index is 11.9. The van der Waals surface area contributed by atoms with Crippen molar-refractivity contribution in [2.24, 2.45) is 0 Å². The zero-order chi connectivity index (χ0) is 17.1. The van der Waals surface area contributed by atoms with Crippen molar-refractivity contribution >= 4 is 23.1 Å². The first-order valence-corrected chi connectivity index (χ1v) is 7.32. The number of rotatable bonds is 3. The molecule has 1 amide bonds. The van der Waals surface area contributed by atoms with Crippen molar-refractivity contribution in [3.8, 4) is 17.3 Å². The van der Waals surface area contributed by atoms with E-state index in [0.29, 0.717) is 0 Å². The summed E-state index contributed by atoms with van der Waals surface area (Å²) in [6.45, 7) is 0. The molecule has 0 aliphatic carbocycles. The smallest absolute Gasteiger partial charge is 0.264 e. The predicted molar refractivity (Wildman–Crippen MR) is 91.6 cm³/mol. The molecular weight excluding hydrogens is 302 g/mol. The van der Waals surface area contributed by atoms with Gasteiger partial charge in [0.05, 0.1) is 11.9 Å². The van der Waals surface area contributed by atoms with E-state index in [9.17, 15) is 4.79 Å². The van der Waals surface area contributed by atoms with Crippen LogP contribution in [0.15, 0.2) is 48.3 Å². The van der Waals surface area contributed by atoms with Gasteiger partial charge in [0.25, 0.3) is 5.91 Å². The standard InChI is InChI=1S/C18H15N5O/c1-23(2)18(24)14(10-19)9-12-3-5-13(6-4-12)16-11-21-17-15(22-16)7-8-20-17/h3-9,11H,1-2H3,(H,20,21). The van der Waals surface area contributed by atoms with E-state index in [2.05, 4.69) is 15.0 Å². The third kappa shape index (κ3) is 3.01. The molecule has 118 valence electrons. The van der Waals surface area contributed by atoms with Crippen LogP contribution in [0.3, 0.4) is 0 Å². The number of H-pyrrole nitrogens is 1. The SMILES string of the molecule is CN(C)C(=O)C(C#N)=Cc1ccc(-c2cnc3[nH]ccc3n2)cc1. The first-order chi connectivity index (χ1) is 11.6. The van der Waals surface area contributed by atoms with Gasteiger partial charge in [0.1, 0.15) is 17.2 Å². The average Bonchev–Trinajstić information content (AvgIpc) is 3.07. The summed E-state index contributed by atoms with van der Waals surface area (Å²) in [4.78, 5) is 25.1. The van der Waals surface area contributed by atoms with Crippen LogP contribution in [0.2, 0.25) is 0 Å². The Morgan fingerprint density at radius 1 is 1.25 bits per heavy atom. The number of nitrogens with zero attached hydrogens (tertiary/aromatic N) is 4. The second kappa shape index (κ2) is 6.34. The van der Waals surface area contributed by atoms with Crippen molar-refractivity contribution in [1.29, 1.82) is 5.26 Å². The van der Waals surface area contributed by atoms with Gasteiger partial charge in [-0.25, -0.2) is 9.97 Å². The van der Waals surface area contributed by atoms with Gasteiger partial charge in [0.2, 0.25) is 0 Å². The molecule has 6 heteroatoms. The molecule has 24 heavy (non-hydrogen) atoms. The Balaban J connectivity index is 1.90. The monoisotopic (exact) mass is 317 g/mol. The summed E-state index contributed by atoms with van der Waals surface area (Å²) in [6, 6.07) is 11.3. The van der Waals surface area contributed by atoms with Crippen molar-refractivity contribution in [3.05, 3.63) is 53.9 Å². The fourth-order valence-electron chi connectivity index (χ4n) is 2.27. The molecule has 2 aromatic heterocycles. The largest absolute Gasteiger partial charge is 0.345 e. The van der Waals surface area contributed by atoms with Crippen molar-refractivity contribution in [2.75, 3.05) is 14.1 Å². The van der Waals surface area contributed by atoms with Crippen LogP contribution in [0.25, 0.3) is 28.5 Å². The molecule has 1 aromatic carbocycles. The summed E-state index contributed by atoms with van der Waals surface area (Å²) < 4.78 is 0. The number of benzene rings is 1. The van der Waals surface area contributed by atoms with Crippen molar-refractivity contribution < 1.29 is 4.79 Å². The Morgan fingerprint density at radius 2 is 2.00 bits per heavy atom. The van der Waals surface area contributed by atoms with Crippen LogP contribution in [0, 0.1) is 11.3 Å². The molecule has 6 nitrogen and oxygen atoms in total. The number of nitrogens with one attached hydrogen (secondary N) is 1. The van der Waals surface area contributed by atoms with Gasteiger partial charge in [0, 0.05) is 25.9 Å². The first kappa shape index (κ1) is 15.4. The highest BCUT2D eigenvalue weighted by atomic mass is 16.2. The minimum absolute atomic E-state index is 0.0984. The third-order valence-electron chi connectivity index (χ3n) is 3.54. The minimum Gasteiger partial charge on any atom is -0.345 e. The van der Waals surface area contributed by atoms with E-state index in [1.807, 2.05) is 36.4 Å². The van der Waals surface area contributed by atoms with Crippen molar-refractivity contribution in [2.45, 2.75) is 0 Å². The van der Waals surface area contributed by atoms with Gasteiger partial charge in [-0.3, -0.25) is 4.79 Å². The maximum Gasteiger partial charge on any atom is 0.264 e. The summed E-state index contributed by atoms with van der Waals surface area (Å²) in [5.74, 6) is -0.314. The number of nitriles is 1. The normalized spacial score (nSPS) is 11.3. The number of likely N-dealkylation sites (N-methyl/N-ethyl adjacent to an activating group) is 1. The highest BCUT2D eigenvalue weighted by molar-refractivity contribution is 6.01. The lowest BCUT2D eigenvalue weighted by molar-refractivity contribution is -0.124. The summed E-state index contributed by atoms with van der Waals surface area (Å²) in [6.07, 6.45) is 5.08. The zero-order valence-electron chi connectivity index (χ0n) is 13.3. The second-order valence-electron chi connectivity index (χ2n) is 5.46. The van der Waals surface area contributed by atoms with Gasteiger partial charge in [-0.15, -0.1) is 0 Å². The van der Waals surface area contributed by atoms with Crippen LogP contribution >= 0.6 is 0 Å². The zero-order valence-corrected chi connectivity index (χ0v) is 13.3. The van der Waals surface area contributed by atoms with E-state index in [-0.39, 0.29) is 11.5 Å². The number of carbonyl (C=O) groups excluding carboxylic acids is 1. The van der Waals surface area contributed by atoms with Gasteiger partial charge >= 0.3 is 0 Å². The maximum atomic E-state index is 11.9. The number of aromatic nitrogens is 3. The van der Waals surface area contributed by atoms with E-state index in [4.69, 9.17) is 5.26 Å². The quantitative estimate of drug-likeness (QED) is 0.594. The summed E-state index contributed by atoms with van der Waals surface area (Å²) in [7, 11) is 3.23. The Bertz CT molecular complexity index is 961. The number of hydrogen-bond donors (Lipinski definition) is 1. The Morgan fingerprint density at radius 3 is 2.67 bits per heavy atom. The Hall–Kier alpha value is -3.46. The third-order valence-corrected chi connectivity index (χ3v) is 3.54. The van der Waals surface area contributed by atoms with Crippen LogP contribution in [-0.2, 0) is 4.79 Å². The molecule has 1 N–H and O–H groups in total. The van der Waals surface area contributed by atoms with Crippen LogP contribution in [0.1, 0.15) is 5.56 Å². The fourth-order valence-corrected chi connectivity index (χ4v) is 2.27. The molecule has 0 radical (unpaired) electrons. The molecule has 0 saturated carbocycles. The molecule has 3 aromatic rings. The molecule has 2 heterocycles. The number of aromatic amines is 1. The molecule has 0 fully saturated rings. The molecule has 0 saturated heterocycles. The lowest BCUT2D eigenvalue weighted by Gasteiger charge is -2.08. The fraction of sp³-hybridized carbons (Fsp3) is 0.111. The van der Waals surface area contributed by atoms with E-state index in [1.165, 1.54) is 4.90 Å². The van der Waals surface area contributed by atoms with Crippen molar-refractivity contribution in [3.63, 3.8) is 0 Å². The molecule has 0 bridgehead atoms. The van der Waals surface area contributed by atoms with E-state index >= 15 is 0 Å². The van der Waals surface area contributed by atoms with Gasteiger partial charge in [-0.1, -0.05) is 24.3 Å². The lowest BCUT2D eigenvalue weighted by Crippen LogP contribution is -2.22. The van der Waals surface area contributed by atoms with Gasteiger partial charge in [-0.2, -0.15) is 5.26 Å². The van der Waals surface area contributed by atoms with E-state index in [0.717, 1.165) is 28.0 Å². The number of amides is 1. The van der Waals surface area contributed by atoms with Gasteiger partial charge < -0.3 is 9.88 Å². The van der Waals surface area contributed by atoms with Crippen LogP contribution in [0.5, 0.6) is 0 Å². The minimum atomic E-state index is -0.314. The molecule has 0 spiro atoms. The number of hydrogen-bond acceptors (Lipinski definition) is 4. The highest BCUT2D eigenvalue weighted by Gasteiger charge is 2.11. The van der Waals surface area contributed by atoms with E-state index < -0.39 is 0 Å². The van der Waals surface area contributed by atoms with Crippen molar-refractivity contribution in [1.82, 2.24) is 19.9 Å². The number of fused-ring (bicyclic) bond motifs is 1. The molecule has 0 aliphatic rings. The second-order valence-corrected chi connectivity index (χ2v) is 5.46. The molecule has 0 unspecified atom stereocenters. The Labute approximate surface area is 139 Å².